The van der Waals surface area contributed by atoms with Crippen LogP contribution < -0.4 is 10.2 Å². The number of hydrogen-bond donors (Lipinski definition) is 2. The van der Waals surface area contributed by atoms with E-state index in [0.717, 1.165) is 35.3 Å². The third-order valence-electron chi connectivity index (χ3n) is 7.56. The number of esters is 1. The van der Waals surface area contributed by atoms with Crippen LogP contribution in [0.1, 0.15) is 68.9 Å². The Morgan fingerprint density at radius 2 is 1.87 bits per heavy atom. The fraction of sp³-hybridized carbons (Fsp3) is 0.323. The molecule has 1 aliphatic carbocycles. The number of para-hydroxylation sites is 1. The van der Waals surface area contributed by atoms with Gasteiger partial charge >= 0.3 is 5.97 Å². The molecule has 2 amide bonds. The molecule has 1 aromatic heterocycles. The van der Waals surface area contributed by atoms with E-state index in [1.807, 2.05) is 47.0 Å². The summed E-state index contributed by atoms with van der Waals surface area (Å²) in [5.74, 6) is -1.34. The molecule has 2 aliphatic rings. The van der Waals surface area contributed by atoms with Crippen molar-refractivity contribution in [2.45, 2.75) is 51.7 Å². The van der Waals surface area contributed by atoms with Crippen LogP contribution >= 0.6 is 0 Å². The summed E-state index contributed by atoms with van der Waals surface area (Å²) in [6.07, 6.45) is 6.90. The summed E-state index contributed by atoms with van der Waals surface area (Å²) in [5, 5.41) is 12.1. The van der Waals surface area contributed by atoms with Gasteiger partial charge in [-0.25, -0.2) is 4.79 Å². The Morgan fingerprint density at radius 1 is 1.05 bits per heavy atom. The van der Waals surface area contributed by atoms with E-state index in [1.165, 1.54) is 31.1 Å². The molecule has 8 heteroatoms. The van der Waals surface area contributed by atoms with Crippen LogP contribution in [0.15, 0.2) is 60.7 Å². The number of aliphatic hydroxyl groups is 1. The predicted octanol–water partition coefficient (Wildman–Crippen LogP) is 4.23. The lowest BCUT2D eigenvalue weighted by Gasteiger charge is -2.23. The number of carbonyl (C=O) groups is 3. The van der Waals surface area contributed by atoms with Crippen LogP contribution in [0.2, 0.25) is 0 Å². The highest BCUT2D eigenvalue weighted by Crippen LogP contribution is 2.32. The molecule has 2 aromatic carbocycles. The number of nitrogens with zero attached hydrogens (tertiary/aromatic N) is 2. The molecule has 3 aromatic rings. The molecule has 2 N–H and O–H groups in total. The van der Waals surface area contributed by atoms with Crippen molar-refractivity contribution in [2.75, 3.05) is 18.6 Å². The molecule has 0 saturated heterocycles. The minimum absolute atomic E-state index is 0.110. The number of carbonyl (C=O) groups excluding carboxylic acids is 3. The van der Waals surface area contributed by atoms with Crippen molar-refractivity contribution < 1.29 is 24.2 Å². The number of benzene rings is 2. The lowest BCUT2D eigenvalue weighted by molar-refractivity contribution is -0.143. The Labute approximate surface area is 227 Å². The zero-order valence-electron chi connectivity index (χ0n) is 22.3. The normalized spacial score (nSPS) is 15.4. The molecule has 5 rings (SSSR count). The molecule has 8 nitrogen and oxygen atoms in total. The Kier molecular flexibility index (Phi) is 7.65. The van der Waals surface area contributed by atoms with E-state index in [0.29, 0.717) is 17.8 Å². The van der Waals surface area contributed by atoms with Gasteiger partial charge in [0.15, 0.2) is 6.04 Å². The highest BCUT2D eigenvalue weighted by atomic mass is 16.5. The number of aryl methyl sites for hydroxylation is 1. The van der Waals surface area contributed by atoms with Crippen LogP contribution in [0.25, 0.3) is 5.57 Å². The molecule has 0 radical (unpaired) electrons. The molecular weight excluding hydrogens is 494 g/mol. The SMILES string of the molecule is COC(=O)[C@H](CO)NC(=O)c1ccc2n1Cc1ccccc1N(C(=O)c1ccc(C3=CCCCC3)c(C)c1)C2. The third kappa shape index (κ3) is 5.25. The zero-order valence-corrected chi connectivity index (χ0v) is 22.3. The number of rotatable bonds is 6. The van der Waals surface area contributed by atoms with Crippen molar-refractivity contribution in [2.24, 2.45) is 0 Å². The first kappa shape index (κ1) is 26.4. The van der Waals surface area contributed by atoms with Crippen molar-refractivity contribution in [3.8, 4) is 0 Å². The maximum absolute atomic E-state index is 13.9. The number of amides is 2. The standard InChI is InChI=1S/C31H33N3O5/c1-20-16-22(12-14-25(20)21-8-4-3-5-9-21)30(37)34-18-24-13-15-28(29(36)32-26(19-35)31(38)39-2)33(24)17-23-10-6-7-11-27(23)34/h6-8,10-16,26,35H,3-5,9,17-19H2,1-2H3,(H,32,36)/t26-/m0/s1. The second kappa shape index (κ2) is 11.3. The molecule has 0 saturated carbocycles. The Hall–Kier alpha value is -4.17. The number of nitrogens with one attached hydrogen (secondary N) is 1. The van der Waals surface area contributed by atoms with Gasteiger partial charge in [0, 0.05) is 16.9 Å². The van der Waals surface area contributed by atoms with Crippen LogP contribution in [0.4, 0.5) is 5.69 Å². The smallest absolute Gasteiger partial charge is 0.330 e. The van der Waals surface area contributed by atoms with E-state index in [4.69, 9.17) is 0 Å². The zero-order chi connectivity index (χ0) is 27.5. The van der Waals surface area contributed by atoms with Crippen LogP contribution in [0.3, 0.4) is 0 Å². The summed E-state index contributed by atoms with van der Waals surface area (Å²) in [7, 11) is 1.20. The summed E-state index contributed by atoms with van der Waals surface area (Å²) in [4.78, 5) is 40.7. The first-order valence-corrected chi connectivity index (χ1v) is 13.3. The van der Waals surface area contributed by atoms with E-state index in [1.54, 1.807) is 11.0 Å². The number of ether oxygens (including phenoxy) is 1. The van der Waals surface area contributed by atoms with Gasteiger partial charge in [-0.05, 0) is 85.2 Å². The summed E-state index contributed by atoms with van der Waals surface area (Å²) in [5.41, 5.74) is 7.06. The minimum atomic E-state index is -1.17. The monoisotopic (exact) mass is 527 g/mol. The Balaban J connectivity index is 1.46. The largest absolute Gasteiger partial charge is 0.467 e. The van der Waals surface area contributed by atoms with Crippen molar-refractivity contribution in [1.29, 1.82) is 0 Å². The second-order valence-corrected chi connectivity index (χ2v) is 10.1. The van der Waals surface area contributed by atoms with Gasteiger partial charge in [0.1, 0.15) is 5.69 Å². The van der Waals surface area contributed by atoms with Gasteiger partial charge in [-0.2, -0.15) is 0 Å². The average Bonchev–Trinajstić information content (AvgIpc) is 3.28. The van der Waals surface area contributed by atoms with Crippen molar-refractivity contribution in [3.05, 3.63) is 94.3 Å². The van der Waals surface area contributed by atoms with E-state index in [9.17, 15) is 19.5 Å². The Bertz CT molecular complexity index is 1450. The number of aliphatic hydroxyl groups excluding tert-OH is 1. The summed E-state index contributed by atoms with van der Waals surface area (Å²) < 4.78 is 6.51. The molecule has 1 atom stereocenters. The minimum Gasteiger partial charge on any atom is -0.467 e. The van der Waals surface area contributed by atoms with Crippen LogP contribution in [0.5, 0.6) is 0 Å². The number of anilines is 1. The van der Waals surface area contributed by atoms with Crippen LogP contribution in [0, 0.1) is 6.92 Å². The molecule has 39 heavy (non-hydrogen) atoms. The quantitative estimate of drug-likeness (QED) is 0.468. The summed E-state index contributed by atoms with van der Waals surface area (Å²) >= 11 is 0. The molecule has 0 spiro atoms. The van der Waals surface area contributed by atoms with E-state index < -0.39 is 24.5 Å². The fourth-order valence-corrected chi connectivity index (χ4v) is 5.49. The molecule has 2 heterocycles. The third-order valence-corrected chi connectivity index (χ3v) is 7.56. The number of hydrogen-bond acceptors (Lipinski definition) is 5. The number of methoxy groups -OCH3 is 1. The first-order chi connectivity index (χ1) is 18.9. The van der Waals surface area contributed by atoms with Gasteiger partial charge in [-0.3, -0.25) is 9.59 Å². The van der Waals surface area contributed by atoms with Gasteiger partial charge in [0.05, 0.1) is 26.8 Å². The van der Waals surface area contributed by atoms with Crippen molar-refractivity contribution >= 4 is 29.0 Å². The van der Waals surface area contributed by atoms with Gasteiger partial charge in [0.2, 0.25) is 0 Å². The molecular formula is C31H33N3O5. The predicted molar refractivity (Wildman–Crippen MR) is 148 cm³/mol. The summed E-state index contributed by atoms with van der Waals surface area (Å²) in [6, 6.07) is 15.9. The van der Waals surface area contributed by atoms with E-state index >= 15 is 0 Å². The van der Waals surface area contributed by atoms with E-state index in [2.05, 4.69) is 29.1 Å². The van der Waals surface area contributed by atoms with Gasteiger partial charge in [-0.1, -0.05) is 30.3 Å². The number of allylic oxidation sites excluding steroid dienone is 2. The van der Waals surface area contributed by atoms with Gasteiger partial charge < -0.3 is 24.6 Å². The molecule has 0 unspecified atom stereocenters. The Morgan fingerprint density at radius 3 is 2.59 bits per heavy atom. The van der Waals surface area contributed by atoms with E-state index in [-0.39, 0.29) is 12.5 Å². The van der Waals surface area contributed by atoms with Gasteiger partial charge in [-0.15, -0.1) is 0 Å². The molecule has 1 aliphatic heterocycles. The van der Waals surface area contributed by atoms with Crippen molar-refractivity contribution in [1.82, 2.24) is 9.88 Å². The fourth-order valence-electron chi connectivity index (χ4n) is 5.49. The molecule has 202 valence electrons. The average molecular weight is 528 g/mol. The second-order valence-electron chi connectivity index (χ2n) is 10.1. The maximum atomic E-state index is 13.9. The first-order valence-electron chi connectivity index (χ1n) is 13.3. The summed E-state index contributed by atoms with van der Waals surface area (Å²) in [6.45, 7) is 2.13. The van der Waals surface area contributed by atoms with Crippen LogP contribution in [-0.2, 0) is 22.6 Å². The topological polar surface area (TPSA) is 101 Å². The molecule has 0 fully saturated rings. The highest BCUT2D eigenvalue weighted by Gasteiger charge is 2.29. The lowest BCUT2D eigenvalue weighted by Crippen LogP contribution is -2.44. The van der Waals surface area contributed by atoms with Crippen molar-refractivity contribution in [3.63, 3.8) is 0 Å². The number of aromatic nitrogens is 1. The van der Waals surface area contributed by atoms with Gasteiger partial charge in [0.25, 0.3) is 11.8 Å². The number of fused-ring (bicyclic) bond motifs is 2. The highest BCUT2D eigenvalue weighted by molar-refractivity contribution is 6.07. The maximum Gasteiger partial charge on any atom is 0.330 e. The molecule has 0 bridgehead atoms. The van der Waals surface area contributed by atoms with Crippen LogP contribution in [-0.4, -0.2) is 47.2 Å². The lowest BCUT2D eigenvalue weighted by atomic mass is 9.90.